The summed E-state index contributed by atoms with van der Waals surface area (Å²) in [4.78, 5) is 15.9. The van der Waals surface area contributed by atoms with Gasteiger partial charge in [0.05, 0.1) is 18.8 Å². The maximum Gasteiger partial charge on any atom is 0.322 e. The zero-order valence-electron chi connectivity index (χ0n) is 14.7. The average Bonchev–Trinajstić information content (AvgIpc) is 3.28. The van der Waals surface area contributed by atoms with Crippen molar-refractivity contribution in [3.8, 4) is 0 Å². The van der Waals surface area contributed by atoms with Crippen LogP contribution in [0.4, 0.5) is 10.5 Å². The molecule has 0 fully saturated rings. The second-order valence-electron chi connectivity index (χ2n) is 6.13. The van der Waals surface area contributed by atoms with E-state index in [1.807, 2.05) is 61.7 Å². The molecule has 1 aromatic carbocycles. The van der Waals surface area contributed by atoms with Gasteiger partial charge in [0.2, 0.25) is 0 Å². The Morgan fingerprint density at radius 1 is 1.20 bits per heavy atom. The minimum atomic E-state index is -0.138. The van der Waals surface area contributed by atoms with Gasteiger partial charge >= 0.3 is 6.03 Å². The van der Waals surface area contributed by atoms with E-state index < -0.39 is 0 Å². The number of hydrogen-bond donors (Lipinski definition) is 1. The number of aryl methyl sites for hydroxylation is 2. The maximum absolute atomic E-state index is 12.9. The maximum atomic E-state index is 12.9. The van der Waals surface area contributed by atoms with Crippen LogP contribution in [-0.2, 0) is 6.54 Å². The number of rotatable bonds is 5. The van der Waals surface area contributed by atoms with Gasteiger partial charge in [0.1, 0.15) is 5.76 Å². The molecule has 1 unspecified atom stereocenters. The van der Waals surface area contributed by atoms with Crippen molar-refractivity contribution >= 4 is 23.1 Å². The Labute approximate surface area is 152 Å². The third-order valence-electron chi connectivity index (χ3n) is 4.35. The Bertz CT molecular complexity index is 826. The first-order chi connectivity index (χ1) is 12.0. The zero-order valence-corrected chi connectivity index (χ0v) is 15.5. The van der Waals surface area contributed by atoms with Crippen LogP contribution in [0.15, 0.2) is 58.5 Å². The Kier molecular flexibility index (Phi) is 5.24. The molecule has 2 aromatic heterocycles. The van der Waals surface area contributed by atoms with Crippen LogP contribution < -0.4 is 5.32 Å². The summed E-state index contributed by atoms with van der Waals surface area (Å²) in [6.07, 6.45) is 1.63. The van der Waals surface area contributed by atoms with Gasteiger partial charge in [-0.2, -0.15) is 0 Å². The van der Waals surface area contributed by atoms with Crippen LogP contribution in [0.5, 0.6) is 0 Å². The molecule has 0 aliphatic rings. The van der Waals surface area contributed by atoms with E-state index in [4.69, 9.17) is 4.42 Å². The predicted octanol–water partition coefficient (Wildman–Crippen LogP) is 5.75. The monoisotopic (exact) mass is 354 g/mol. The topological polar surface area (TPSA) is 45.5 Å². The van der Waals surface area contributed by atoms with Crippen LogP contribution in [0.1, 0.15) is 34.7 Å². The molecule has 0 saturated heterocycles. The van der Waals surface area contributed by atoms with E-state index in [0.717, 1.165) is 21.9 Å². The minimum absolute atomic E-state index is 0.0448. The SMILES string of the molecule is Cc1ccc(NC(=O)N(Cc2ccco2)C(C)c2cccs2)cc1C. The average molecular weight is 354 g/mol. The van der Waals surface area contributed by atoms with Gasteiger partial charge in [0.25, 0.3) is 0 Å². The molecular formula is C20H22N2O2S. The van der Waals surface area contributed by atoms with Crippen LogP contribution in [-0.4, -0.2) is 10.9 Å². The molecule has 1 N–H and O–H groups in total. The summed E-state index contributed by atoms with van der Waals surface area (Å²) in [7, 11) is 0. The summed E-state index contributed by atoms with van der Waals surface area (Å²) in [6.45, 7) is 6.56. The van der Waals surface area contributed by atoms with Gasteiger partial charge in [-0.15, -0.1) is 11.3 Å². The lowest BCUT2D eigenvalue weighted by Crippen LogP contribution is -2.36. The molecule has 0 aliphatic carbocycles. The van der Waals surface area contributed by atoms with E-state index in [1.165, 1.54) is 5.56 Å². The van der Waals surface area contributed by atoms with E-state index in [2.05, 4.69) is 12.2 Å². The van der Waals surface area contributed by atoms with Crippen molar-refractivity contribution in [2.45, 2.75) is 33.4 Å². The molecule has 5 heteroatoms. The molecule has 4 nitrogen and oxygen atoms in total. The highest BCUT2D eigenvalue weighted by atomic mass is 32.1. The van der Waals surface area contributed by atoms with Gasteiger partial charge in [0, 0.05) is 10.6 Å². The van der Waals surface area contributed by atoms with Crippen molar-refractivity contribution in [3.63, 3.8) is 0 Å². The number of nitrogens with one attached hydrogen (secondary N) is 1. The van der Waals surface area contributed by atoms with Gasteiger partial charge in [-0.1, -0.05) is 12.1 Å². The number of carbonyl (C=O) groups excluding carboxylic acids is 1. The van der Waals surface area contributed by atoms with Crippen LogP contribution in [0.25, 0.3) is 0 Å². The third-order valence-corrected chi connectivity index (χ3v) is 5.39. The lowest BCUT2D eigenvalue weighted by Gasteiger charge is -2.28. The molecule has 0 aliphatic heterocycles. The van der Waals surface area contributed by atoms with E-state index >= 15 is 0 Å². The lowest BCUT2D eigenvalue weighted by atomic mass is 10.1. The summed E-state index contributed by atoms with van der Waals surface area (Å²) in [6, 6.07) is 13.5. The largest absolute Gasteiger partial charge is 0.467 e. The Balaban J connectivity index is 1.82. The number of thiophene rings is 1. The fourth-order valence-electron chi connectivity index (χ4n) is 2.65. The normalized spacial score (nSPS) is 12.0. The van der Waals surface area contributed by atoms with Gasteiger partial charge < -0.3 is 14.6 Å². The number of furan rings is 1. The summed E-state index contributed by atoms with van der Waals surface area (Å²) in [5.41, 5.74) is 3.16. The second-order valence-corrected chi connectivity index (χ2v) is 7.11. The summed E-state index contributed by atoms with van der Waals surface area (Å²) < 4.78 is 5.45. The van der Waals surface area contributed by atoms with Gasteiger partial charge in [-0.05, 0) is 67.6 Å². The van der Waals surface area contributed by atoms with E-state index in [-0.39, 0.29) is 12.1 Å². The molecule has 2 amide bonds. The lowest BCUT2D eigenvalue weighted by molar-refractivity contribution is 0.184. The standard InChI is InChI=1S/C20H22N2O2S/c1-14-8-9-17(12-15(14)2)21-20(23)22(13-18-6-4-10-24-18)16(3)19-7-5-11-25-19/h4-12,16H,13H2,1-3H3,(H,21,23). The molecule has 0 spiro atoms. The molecule has 0 bridgehead atoms. The van der Waals surface area contributed by atoms with Gasteiger partial charge in [-0.25, -0.2) is 4.79 Å². The summed E-state index contributed by atoms with van der Waals surface area (Å²) in [5.74, 6) is 0.763. The highest BCUT2D eigenvalue weighted by Gasteiger charge is 2.23. The Morgan fingerprint density at radius 2 is 2.04 bits per heavy atom. The summed E-state index contributed by atoms with van der Waals surface area (Å²) in [5, 5.41) is 5.04. The van der Waals surface area contributed by atoms with E-state index in [0.29, 0.717) is 6.54 Å². The van der Waals surface area contributed by atoms with Crippen molar-refractivity contribution in [1.82, 2.24) is 4.90 Å². The van der Waals surface area contributed by atoms with E-state index in [1.54, 1.807) is 22.5 Å². The quantitative estimate of drug-likeness (QED) is 0.634. The van der Waals surface area contributed by atoms with Crippen molar-refractivity contribution in [3.05, 3.63) is 75.9 Å². The van der Waals surface area contributed by atoms with Crippen LogP contribution in [0, 0.1) is 13.8 Å². The van der Waals surface area contributed by atoms with Crippen LogP contribution >= 0.6 is 11.3 Å². The Hall–Kier alpha value is -2.53. The number of hydrogen-bond acceptors (Lipinski definition) is 3. The third kappa shape index (κ3) is 4.12. The molecule has 0 radical (unpaired) electrons. The molecule has 0 saturated carbocycles. The van der Waals surface area contributed by atoms with Crippen molar-refractivity contribution < 1.29 is 9.21 Å². The van der Waals surface area contributed by atoms with Crippen LogP contribution in [0.3, 0.4) is 0 Å². The van der Waals surface area contributed by atoms with Gasteiger partial charge in [-0.3, -0.25) is 0 Å². The molecule has 130 valence electrons. The number of amides is 2. The molecule has 25 heavy (non-hydrogen) atoms. The van der Waals surface area contributed by atoms with Crippen molar-refractivity contribution in [2.24, 2.45) is 0 Å². The Morgan fingerprint density at radius 3 is 2.68 bits per heavy atom. The van der Waals surface area contributed by atoms with E-state index in [9.17, 15) is 4.79 Å². The molecule has 1 atom stereocenters. The van der Waals surface area contributed by atoms with Gasteiger partial charge in [0.15, 0.2) is 0 Å². The molecule has 3 aromatic rings. The zero-order chi connectivity index (χ0) is 17.8. The number of anilines is 1. The highest BCUT2D eigenvalue weighted by molar-refractivity contribution is 7.10. The molecule has 2 heterocycles. The number of urea groups is 1. The fourth-order valence-corrected chi connectivity index (χ4v) is 3.45. The second kappa shape index (κ2) is 7.57. The number of nitrogens with zero attached hydrogens (tertiary/aromatic N) is 1. The highest BCUT2D eigenvalue weighted by Crippen LogP contribution is 2.27. The molecule has 3 rings (SSSR count). The first-order valence-corrected chi connectivity index (χ1v) is 9.13. The number of benzene rings is 1. The number of carbonyl (C=O) groups is 1. The first kappa shape index (κ1) is 17.3. The minimum Gasteiger partial charge on any atom is -0.467 e. The fraction of sp³-hybridized carbons (Fsp3) is 0.250. The van der Waals surface area contributed by atoms with Crippen molar-refractivity contribution in [2.75, 3.05) is 5.32 Å². The van der Waals surface area contributed by atoms with Crippen LogP contribution in [0.2, 0.25) is 0 Å². The first-order valence-electron chi connectivity index (χ1n) is 8.25. The molecular weight excluding hydrogens is 332 g/mol. The smallest absolute Gasteiger partial charge is 0.322 e. The predicted molar refractivity (Wildman–Crippen MR) is 102 cm³/mol. The summed E-state index contributed by atoms with van der Waals surface area (Å²) >= 11 is 1.65. The van der Waals surface area contributed by atoms with Crippen molar-refractivity contribution in [1.29, 1.82) is 0 Å².